The summed E-state index contributed by atoms with van der Waals surface area (Å²) in [6, 6.07) is 2.81. The lowest BCUT2D eigenvalue weighted by atomic mass is 9.98. The molecule has 0 bridgehead atoms. The Labute approximate surface area is 123 Å². The van der Waals surface area contributed by atoms with E-state index in [9.17, 15) is 14.7 Å². The summed E-state index contributed by atoms with van der Waals surface area (Å²) in [5, 5.41) is 9.76. The molecule has 0 saturated carbocycles. The molecule has 2 rings (SSSR count). The molecule has 1 fully saturated rings. The van der Waals surface area contributed by atoms with Crippen LogP contribution in [0.1, 0.15) is 43.1 Å². The highest BCUT2D eigenvalue weighted by atomic mass is 16.5. The SMILES string of the molecule is CCOC(=O)CC1CCCCN1C(=O)c1ncccc1O. The van der Waals surface area contributed by atoms with Crippen LogP contribution in [0.2, 0.25) is 0 Å². The van der Waals surface area contributed by atoms with E-state index in [2.05, 4.69) is 4.98 Å². The molecule has 0 radical (unpaired) electrons. The predicted octanol–water partition coefficient (Wildman–Crippen LogP) is 1.74. The van der Waals surface area contributed by atoms with Crippen LogP contribution >= 0.6 is 0 Å². The van der Waals surface area contributed by atoms with Gasteiger partial charge in [-0.25, -0.2) is 4.98 Å². The molecule has 1 aliphatic heterocycles. The Kier molecular flexibility index (Phi) is 5.14. The average molecular weight is 292 g/mol. The number of amides is 1. The van der Waals surface area contributed by atoms with Crippen LogP contribution in [-0.2, 0) is 9.53 Å². The van der Waals surface area contributed by atoms with Gasteiger partial charge in [-0.2, -0.15) is 0 Å². The van der Waals surface area contributed by atoms with Crippen molar-refractivity contribution in [2.45, 2.75) is 38.6 Å². The van der Waals surface area contributed by atoms with E-state index in [0.29, 0.717) is 13.2 Å². The van der Waals surface area contributed by atoms with Crippen molar-refractivity contribution in [1.29, 1.82) is 0 Å². The number of ether oxygens (including phenoxy) is 1. The number of pyridine rings is 1. The van der Waals surface area contributed by atoms with E-state index in [1.54, 1.807) is 17.9 Å². The normalized spacial score (nSPS) is 18.3. The molecule has 0 aliphatic carbocycles. The van der Waals surface area contributed by atoms with Crippen LogP contribution in [0, 0.1) is 0 Å². The van der Waals surface area contributed by atoms with Crippen molar-refractivity contribution in [2.24, 2.45) is 0 Å². The van der Waals surface area contributed by atoms with Gasteiger partial charge in [-0.05, 0) is 38.3 Å². The Hall–Kier alpha value is -2.11. The van der Waals surface area contributed by atoms with E-state index in [0.717, 1.165) is 19.3 Å². The van der Waals surface area contributed by atoms with Gasteiger partial charge in [0.25, 0.3) is 5.91 Å². The topological polar surface area (TPSA) is 79.7 Å². The molecule has 1 unspecified atom stereocenters. The molecule has 2 heterocycles. The highest BCUT2D eigenvalue weighted by molar-refractivity contribution is 5.95. The fourth-order valence-corrected chi connectivity index (χ4v) is 2.59. The Morgan fingerprint density at radius 2 is 2.29 bits per heavy atom. The van der Waals surface area contributed by atoms with Crippen molar-refractivity contribution < 1.29 is 19.4 Å². The molecule has 0 aromatic carbocycles. The average Bonchev–Trinajstić information content (AvgIpc) is 2.48. The second kappa shape index (κ2) is 7.06. The molecule has 1 aliphatic rings. The highest BCUT2D eigenvalue weighted by Crippen LogP contribution is 2.24. The fourth-order valence-electron chi connectivity index (χ4n) is 2.59. The molecular weight excluding hydrogens is 272 g/mol. The van der Waals surface area contributed by atoms with Crippen LogP contribution in [0.3, 0.4) is 0 Å². The summed E-state index contributed by atoms with van der Waals surface area (Å²) in [6.45, 7) is 2.66. The van der Waals surface area contributed by atoms with Crippen molar-refractivity contribution in [2.75, 3.05) is 13.2 Å². The van der Waals surface area contributed by atoms with Crippen LogP contribution < -0.4 is 0 Å². The third-order valence-electron chi connectivity index (χ3n) is 3.58. The van der Waals surface area contributed by atoms with Crippen LogP contribution in [-0.4, -0.2) is 46.1 Å². The minimum absolute atomic E-state index is 0.0354. The third kappa shape index (κ3) is 3.71. The van der Waals surface area contributed by atoms with Gasteiger partial charge in [-0.15, -0.1) is 0 Å². The molecule has 114 valence electrons. The van der Waals surface area contributed by atoms with E-state index in [1.807, 2.05) is 0 Å². The van der Waals surface area contributed by atoms with Gasteiger partial charge < -0.3 is 14.7 Å². The number of hydrogen-bond donors (Lipinski definition) is 1. The molecule has 21 heavy (non-hydrogen) atoms. The second-order valence-electron chi connectivity index (χ2n) is 5.03. The minimum atomic E-state index is -0.331. The number of aromatic nitrogens is 1. The van der Waals surface area contributed by atoms with Gasteiger partial charge in [-0.1, -0.05) is 0 Å². The molecule has 1 aromatic rings. The molecule has 0 spiro atoms. The van der Waals surface area contributed by atoms with Gasteiger partial charge in [0.15, 0.2) is 5.69 Å². The summed E-state index contributed by atoms with van der Waals surface area (Å²) in [6.07, 6.45) is 4.28. The summed E-state index contributed by atoms with van der Waals surface area (Å²) in [4.78, 5) is 29.8. The predicted molar refractivity (Wildman–Crippen MR) is 75.8 cm³/mol. The maximum absolute atomic E-state index is 12.5. The summed E-state index contributed by atoms with van der Waals surface area (Å²) in [7, 11) is 0. The largest absolute Gasteiger partial charge is 0.505 e. The first-order chi connectivity index (χ1) is 10.1. The van der Waals surface area contributed by atoms with Gasteiger partial charge in [0, 0.05) is 18.8 Å². The van der Waals surface area contributed by atoms with Crippen molar-refractivity contribution >= 4 is 11.9 Å². The number of aromatic hydroxyl groups is 1. The van der Waals surface area contributed by atoms with Gasteiger partial charge in [0.05, 0.1) is 13.0 Å². The van der Waals surface area contributed by atoms with E-state index in [1.165, 1.54) is 12.3 Å². The second-order valence-corrected chi connectivity index (χ2v) is 5.03. The van der Waals surface area contributed by atoms with Crippen LogP contribution in [0.25, 0.3) is 0 Å². The molecule has 6 heteroatoms. The molecule has 1 amide bonds. The van der Waals surface area contributed by atoms with Crippen molar-refractivity contribution in [3.8, 4) is 5.75 Å². The zero-order valence-corrected chi connectivity index (χ0v) is 12.1. The number of carbonyl (C=O) groups is 2. The maximum atomic E-state index is 12.5. The number of rotatable bonds is 4. The molecular formula is C15H20N2O4. The van der Waals surface area contributed by atoms with E-state index in [-0.39, 0.29) is 35.8 Å². The highest BCUT2D eigenvalue weighted by Gasteiger charge is 2.31. The molecule has 1 N–H and O–H groups in total. The maximum Gasteiger partial charge on any atom is 0.307 e. The van der Waals surface area contributed by atoms with Crippen LogP contribution in [0.15, 0.2) is 18.3 Å². The van der Waals surface area contributed by atoms with E-state index in [4.69, 9.17) is 4.74 Å². The molecule has 1 atom stereocenters. The number of esters is 1. The van der Waals surface area contributed by atoms with Crippen molar-refractivity contribution in [3.05, 3.63) is 24.0 Å². The van der Waals surface area contributed by atoms with Crippen LogP contribution in [0.5, 0.6) is 5.75 Å². The molecule has 1 aromatic heterocycles. The monoisotopic (exact) mass is 292 g/mol. The molecule has 1 saturated heterocycles. The van der Waals surface area contributed by atoms with Gasteiger partial charge in [0.1, 0.15) is 5.75 Å². The minimum Gasteiger partial charge on any atom is -0.505 e. The Balaban J connectivity index is 2.13. The third-order valence-corrected chi connectivity index (χ3v) is 3.58. The summed E-state index contributed by atoms with van der Waals surface area (Å²) < 4.78 is 4.96. The molecule has 6 nitrogen and oxygen atoms in total. The lowest BCUT2D eigenvalue weighted by Gasteiger charge is -2.35. The van der Waals surface area contributed by atoms with Crippen molar-refractivity contribution in [3.63, 3.8) is 0 Å². The standard InChI is InChI=1S/C15H20N2O4/c1-2-21-13(19)10-11-6-3-4-9-17(11)15(20)14-12(18)7-5-8-16-14/h5,7-8,11,18H,2-4,6,9-10H2,1H3. The first kappa shape index (κ1) is 15.3. The van der Waals surface area contributed by atoms with Gasteiger partial charge >= 0.3 is 5.97 Å². The number of hydrogen-bond acceptors (Lipinski definition) is 5. The fraction of sp³-hybridized carbons (Fsp3) is 0.533. The summed E-state index contributed by atoms with van der Waals surface area (Å²) in [5.74, 6) is -0.766. The van der Waals surface area contributed by atoms with Crippen LogP contribution in [0.4, 0.5) is 0 Å². The number of nitrogens with zero attached hydrogens (tertiary/aromatic N) is 2. The lowest BCUT2D eigenvalue weighted by molar-refractivity contribution is -0.144. The lowest BCUT2D eigenvalue weighted by Crippen LogP contribution is -2.45. The zero-order chi connectivity index (χ0) is 15.2. The number of piperidine rings is 1. The Morgan fingerprint density at radius 1 is 1.48 bits per heavy atom. The zero-order valence-electron chi connectivity index (χ0n) is 12.1. The van der Waals surface area contributed by atoms with E-state index < -0.39 is 0 Å². The Morgan fingerprint density at radius 3 is 3.00 bits per heavy atom. The number of carbonyl (C=O) groups excluding carboxylic acids is 2. The quantitative estimate of drug-likeness (QED) is 0.855. The summed E-state index contributed by atoms with van der Waals surface area (Å²) >= 11 is 0. The number of likely N-dealkylation sites (tertiary alicyclic amines) is 1. The van der Waals surface area contributed by atoms with Crippen molar-refractivity contribution in [1.82, 2.24) is 9.88 Å². The van der Waals surface area contributed by atoms with E-state index >= 15 is 0 Å². The summed E-state index contributed by atoms with van der Waals surface area (Å²) in [5.41, 5.74) is 0.0354. The first-order valence-corrected chi connectivity index (χ1v) is 7.24. The smallest absolute Gasteiger partial charge is 0.307 e. The Bertz CT molecular complexity index is 518. The van der Waals surface area contributed by atoms with Gasteiger partial charge in [-0.3, -0.25) is 9.59 Å². The first-order valence-electron chi connectivity index (χ1n) is 7.24. The van der Waals surface area contributed by atoms with Gasteiger partial charge in [0.2, 0.25) is 0 Å².